The van der Waals surface area contributed by atoms with E-state index in [1.54, 1.807) is 13.8 Å². The zero-order chi connectivity index (χ0) is 13.4. The van der Waals surface area contributed by atoms with E-state index in [1.165, 1.54) is 4.90 Å². The van der Waals surface area contributed by atoms with Crippen molar-refractivity contribution in [2.75, 3.05) is 0 Å². The number of aryl methyl sites for hydroxylation is 2. The smallest absolute Gasteiger partial charge is 0.325 e. The number of amides is 3. The molecule has 18 heavy (non-hydrogen) atoms. The Morgan fingerprint density at radius 3 is 2.50 bits per heavy atom. The molecule has 1 atom stereocenters. The molecule has 2 rings (SSSR count). The summed E-state index contributed by atoms with van der Waals surface area (Å²) in [5.41, 5.74) is 1.50. The van der Waals surface area contributed by atoms with E-state index >= 15 is 0 Å². The second kappa shape index (κ2) is 4.44. The minimum Gasteiger partial charge on any atom is -0.361 e. The van der Waals surface area contributed by atoms with Gasteiger partial charge in [0.1, 0.15) is 11.8 Å². The van der Waals surface area contributed by atoms with Crippen molar-refractivity contribution in [3.8, 4) is 0 Å². The third kappa shape index (κ3) is 1.98. The van der Waals surface area contributed by atoms with Gasteiger partial charge in [0.05, 0.1) is 12.2 Å². The molecular weight excluding hydrogens is 234 g/mol. The Bertz CT molecular complexity index is 473. The third-order valence-electron chi connectivity index (χ3n) is 3.22. The van der Waals surface area contributed by atoms with Crippen LogP contribution in [-0.4, -0.2) is 28.0 Å². The number of nitrogens with one attached hydrogen (secondary N) is 1. The van der Waals surface area contributed by atoms with Crippen molar-refractivity contribution in [2.24, 2.45) is 5.92 Å². The van der Waals surface area contributed by atoms with Gasteiger partial charge in [-0.2, -0.15) is 0 Å². The van der Waals surface area contributed by atoms with Gasteiger partial charge in [0.2, 0.25) is 0 Å². The Labute approximate surface area is 105 Å². The number of hydrogen-bond acceptors (Lipinski definition) is 4. The summed E-state index contributed by atoms with van der Waals surface area (Å²) in [6, 6.07) is -0.781. The number of nitrogens with zero attached hydrogens (tertiary/aromatic N) is 2. The molecule has 0 unspecified atom stereocenters. The summed E-state index contributed by atoms with van der Waals surface area (Å²) < 4.78 is 5.03. The van der Waals surface area contributed by atoms with Crippen molar-refractivity contribution < 1.29 is 14.1 Å². The normalized spacial score (nSPS) is 19.8. The summed E-state index contributed by atoms with van der Waals surface area (Å²) in [6.45, 7) is 7.59. The molecule has 0 spiro atoms. The van der Waals surface area contributed by atoms with Crippen molar-refractivity contribution in [2.45, 2.75) is 40.3 Å². The average molecular weight is 251 g/mol. The lowest BCUT2D eigenvalue weighted by atomic mass is 10.0. The van der Waals surface area contributed by atoms with E-state index in [9.17, 15) is 9.59 Å². The van der Waals surface area contributed by atoms with Crippen LogP contribution in [0.2, 0.25) is 0 Å². The topological polar surface area (TPSA) is 75.4 Å². The first kappa shape index (κ1) is 12.6. The predicted octanol–water partition coefficient (Wildman–Crippen LogP) is 1.37. The van der Waals surface area contributed by atoms with Crippen LogP contribution in [0, 0.1) is 19.8 Å². The number of aromatic nitrogens is 1. The van der Waals surface area contributed by atoms with Gasteiger partial charge in [-0.05, 0) is 19.8 Å². The van der Waals surface area contributed by atoms with Gasteiger partial charge in [-0.15, -0.1) is 0 Å². The van der Waals surface area contributed by atoms with Gasteiger partial charge in [-0.25, -0.2) is 4.79 Å². The lowest BCUT2D eigenvalue weighted by molar-refractivity contribution is -0.128. The van der Waals surface area contributed by atoms with Gasteiger partial charge < -0.3 is 9.84 Å². The first-order valence-electron chi connectivity index (χ1n) is 5.95. The van der Waals surface area contributed by atoms with Crippen LogP contribution in [-0.2, 0) is 11.3 Å². The fourth-order valence-corrected chi connectivity index (χ4v) is 2.03. The Morgan fingerprint density at radius 2 is 2.06 bits per heavy atom. The molecule has 2 heterocycles. The van der Waals surface area contributed by atoms with Crippen LogP contribution in [0.15, 0.2) is 4.52 Å². The van der Waals surface area contributed by atoms with Gasteiger partial charge in [0.15, 0.2) is 0 Å². The van der Waals surface area contributed by atoms with Gasteiger partial charge in [-0.1, -0.05) is 19.0 Å². The maximum atomic E-state index is 12.1. The lowest BCUT2D eigenvalue weighted by Crippen LogP contribution is -2.34. The maximum absolute atomic E-state index is 12.1. The van der Waals surface area contributed by atoms with Crippen LogP contribution >= 0.6 is 0 Å². The summed E-state index contributed by atoms with van der Waals surface area (Å²) >= 11 is 0. The number of imide groups is 1. The maximum Gasteiger partial charge on any atom is 0.325 e. The molecule has 1 saturated heterocycles. The monoisotopic (exact) mass is 251 g/mol. The summed E-state index contributed by atoms with van der Waals surface area (Å²) in [5, 5.41) is 6.51. The van der Waals surface area contributed by atoms with Crippen LogP contribution in [0.3, 0.4) is 0 Å². The summed E-state index contributed by atoms with van der Waals surface area (Å²) in [7, 11) is 0. The zero-order valence-corrected chi connectivity index (χ0v) is 11.0. The molecule has 3 amide bonds. The zero-order valence-electron chi connectivity index (χ0n) is 11.0. The molecule has 0 saturated carbocycles. The Balaban J connectivity index is 2.20. The van der Waals surface area contributed by atoms with Crippen molar-refractivity contribution in [3.63, 3.8) is 0 Å². The molecule has 0 radical (unpaired) electrons. The molecule has 6 heteroatoms. The Kier molecular flexibility index (Phi) is 3.11. The molecule has 0 bridgehead atoms. The molecular formula is C12H17N3O3. The van der Waals surface area contributed by atoms with Crippen molar-refractivity contribution in [1.29, 1.82) is 0 Å². The second-order valence-corrected chi connectivity index (χ2v) is 4.90. The molecule has 1 aromatic rings. The number of hydrogen-bond donors (Lipinski definition) is 1. The minimum atomic E-state index is -0.432. The lowest BCUT2D eigenvalue weighted by Gasteiger charge is -2.14. The van der Waals surface area contributed by atoms with Crippen molar-refractivity contribution in [1.82, 2.24) is 15.4 Å². The summed E-state index contributed by atoms with van der Waals surface area (Å²) in [5.74, 6) is 0.534. The highest BCUT2D eigenvalue weighted by atomic mass is 16.5. The highest BCUT2D eigenvalue weighted by Gasteiger charge is 2.40. The molecule has 1 aliphatic heterocycles. The Morgan fingerprint density at radius 1 is 1.39 bits per heavy atom. The van der Waals surface area contributed by atoms with E-state index in [2.05, 4.69) is 10.5 Å². The summed E-state index contributed by atoms with van der Waals surface area (Å²) in [6.07, 6.45) is 0. The number of urea groups is 1. The fraction of sp³-hybridized carbons (Fsp3) is 0.583. The van der Waals surface area contributed by atoms with Crippen LogP contribution in [0.1, 0.15) is 30.9 Å². The van der Waals surface area contributed by atoms with Gasteiger partial charge >= 0.3 is 6.03 Å². The molecule has 6 nitrogen and oxygen atoms in total. The van der Waals surface area contributed by atoms with E-state index in [0.717, 1.165) is 5.56 Å². The average Bonchev–Trinajstić information content (AvgIpc) is 2.75. The van der Waals surface area contributed by atoms with E-state index in [1.807, 2.05) is 13.8 Å². The SMILES string of the molecule is Cc1noc(C)c1CN1C(=O)N[C@H](C(C)C)C1=O. The third-order valence-corrected chi connectivity index (χ3v) is 3.22. The predicted molar refractivity (Wildman–Crippen MR) is 63.7 cm³/mol. The van der Waals surface area contributed by atoms with E-state index in [-0.39, 0.29) is 24.4 Å². The molecule has 1 N–H and O–H groups in total. The first-order valence-corrected chi connectivity index (χ1v) is 5.95. The molecule has 0 aromatic carbocycles. The van der Waals surface area contributed by atoms with Gasteiger partial charge in [0, 0.05) is 5.56 Å². The highest BCUT2D eigenvalue weighted by Crippen LogP contribution is 2.20. The van der Waals surface area contributed by atoms with E-state index in [0.29, 0.717) is 11.5 Å². The summed E-state index contributed by atoms with van der Waals surface area (Å²) in [4.78, 5) is 25.1. The van der Waals surface area contributed by atoms with E-state index in [4.69, 9.17) is 4.52 Å². The van der Waals surface area contributed by atoms with Crippen molar-refractivity contribution in [3.05, 3.63) is 17.0 Å². The second-order valence-electron chi connectivity index (χ2n) is 4.90. The largest absolute Gasteiger partial charge is 0.361 e. The standard InChI is InChI=1S/C12H17N3O3/c1-6(2)10-11(16)15(12(17)13-10)5-9-7(3)14-18-8(9)4/h6,10H,5H2,1-4H3,(H,13,17)/t10-/m1/s1. The van der Waals surface area contributed by atoms with Crippen LogP contribution in [0.4, 0.5) is 4.79 Å². The molecule has 1 aliphatic rings. The Hall–Kier alpha value is -1.85. The van der Waals surface area contributed by atoms with E-state index < -0.39 is 6.04 Å². The quantitative estimate of drug-likeness (QED) is 0.823. The number of carbonyl (C=O) groups is 2. The van der Waals surface area contributed by atoms with Gasteiger partial charge in [0.25, 0.3) is 5.91 Å². The molecule has 98 valence electrons. The minimum absolute atomic E-state index is 0.0797. The molecule has 1 fully saturated rings. The van der Waals surface area contributed by atoms with Crippen molar-refractivity contribution >= 4 is 11.9 Å². The fourth-order valence-electron chi connectivity index (χ4n) is 2.03. The van der Waals surface area contributed by atoms with Crippen LogP contribution in [0.5, 0.6) is 0 Å². The molecule has 0 aliphatic carbocycles. The van der Waals surface area contributed by atoms with Crippen LogP contribution < -0.4 is 5.32 Å². The van der Waals surface area contributed by atoms with Gasteiger partial charge in [-0.3, -0.25) is 9.69 Å². The molecule has 1 aromatic heterocycles. The first-order chi connectivity index (χ1) is 8.41. The number of rotatable bonds is 3. The number of carbonyl (C=O) groups excluding carboxylic acids is 2. The van der Waals surface area contributed by atoms with Crippen LogP contribution in [0.25, 0.3) is 0 Å². The highest BCUT2D eigenvalue weighted by molar-refractivity contribution is 6.04.